The van der Waals surface area contributed by atoms with Crippen LogP contribution < -0.4 is 9.47 Å². The van der Waals surface area contributed by atoms with Crippen molar-refractivity contribution in [2.75, 3.05) is 27.3 Å². The van der Waals surface area contributed by atoms with Crippen LogP contribution in [0.3, 0.4) is 0 Å². The summed E-state index contributed by atoms with van der Waals surface area (Å²) >= 11 is 0. The quantitative estimate of drug-likeness (QED) is 0.729. The molecule has 2 aliphatic rings. The summed E-state index contributed by atoms with van der Waals surface area (Å²) in [6.07, 6.45) is 9.59. The lowest BCUT2D eigenvalue weighted by atomic mass is 9.91. The van der Waals surface area contributed by atoms with Crippen molar-refractivity contribution in [3.8, 4) is 11.5 Å². The fourth-order valence-electron chi connectivity index (χ4n) is 4.75. The number of nitrogens with zero attached hydrogens (tertiary/aromatic N) is 5. The Kier molecular flexibility index (Phi) is 5.80. The predicted octanol–water partition coefficient (Wildman–Crippen LogP) is 3.19. The number of methoxy groups -OCH3 is 2. The maximum Gasteiger partial charge on any atom is 0.194 e. The Morgan fingerprint density at radius 3 is 2.43 bits per heavy atom. The molecule has 0 atom stereocenters. The van der Waals surface area contributed by atoms with Crippen LogP contribution in [-0.2, 0) is 18.5 Å². The summed E-state index contributed by atoms with van der Waals surface area (Å²) in [6.45, 7) is 3.04. The van der Waals surface area contributed by atoms with E-state index in [4.69, 9.17) is 14.6 Å². The second kappa shape index (κ2) is 8.47. The number of benzene rings is 1. The van der Waals surface area contributed by atoms with Crippen molar-refractivity contribution in [2.24, 2.45) is 0 Å². The summed E-state index contributed by atoms with van der Waals surface area (Å²) in [5, 5.41) is 13.7. The van der Waals surface area contributed by atoms with Gasteiger partial charge >= 0.3 is 0 Å². The van der Waals surface area contributed by atoms with Crippen LogP contribution in [0.1, 0.15) is 56.3 Å². The standard InChI is InChI=1S/C21H31N5O2/c1-27-18-9-8-17(16-19(18)28-2)10-15-26-23-20(22-24-26)21(11-4-5-12-21)25-13-6-3-7-14-25/h8-9,16H,3-7,10-15H2,1-2H3. The second-order valence-electron chi connectivity index (χ2n) is 7.93. The fourth-order valence-corrected chi connectivity index (χ4v) is 4.75. The minimum Gasteiger partial charge on any atom is -0.493 e. The summed E-state index contributed by atoms with van der Waals surface area (Å²) in [7, 11) is 3.31. The summed E-state index contributed by atoms with van der Waals surface area (Å²) in [5.74, 6) is 2.43. The first-order chi connectivity index (χ1) is 13.7. The van der Waals surface area contributed by atoms with Gasteiger partial charge in [0.2, 0.25) is 0 Å². The van der Waals surface area contributed by atoms with E-state index in [1.54, 1.807) is 19.0 Å². The molecule has 1 aliphatic carbocycles. The molecular weight excluding hydrogens is 354 g/mol. The van der Waals surface area contributed by atoms with Crippen LogP contribution in [-0.4, -0.2) is 52.4 Å². The highest BCUT2D eigenvalue weighted by molar-refractivity contribution is 5.42. The molecule has 0 N–H and O–H groups in total. The maximum absolute atomic E-state index is 5.40. The first-order valence-corrected chi connectivity index (χ1v) is 10.5. The molecule has 152 valence electrons. The molecule has 1 aromatic heterocycles. The van der Waals surface area contributed by atoms with Gasteiger partial charge in [-0.05, 0) is 68.1 Å². The van der Waals surface area contributed by atoms with E-state index >= 15 is 0 Å². The van der Waals surface area contributed by atoms with Crippen LogP contribution in [0.2, 0.25) is 0 Å². The zero-order valence-corrected chi connectivity index (χ0v) is 17.1. The lowest BCUT2D eigenvalue weighted by Crippen LogP contribution is -2.47. The van der Waals surface area contributed by atoms with Crippen molar-refractivity contribution in [1.29, 1.82) is 0 Å². The van der Waals surface area contributed by atoms with E-state index in [9.17, 15) is 0 Å². The van der Waals surface area contributed by atoms with Crippen molar-refractivity contribution >= 4 is 0 Å². The van der Waals surface area contributed by atoms with Crippen LogP contribution >= 0.6 is 0 Å². The third-order valence-corrected chi connectivity index (χ3v) is 6.31. The van der Waals surface area contributed by atoms with Crippen LogP contribution in [0, 0.1) is 0 Å². The number of aromatic nitrogens is 4. The highest BCUT2D eigenvalue weighted by Gasteiger charge is 2.45. The normalized spacial score (nSPS) is 19.6. The first-order valence-electron chi connectivity index (χ1n) is 10.5. The van der Waals surface area contributed by atoms with E-state index in [-0.39, 0.29) is 5.54 Å². The number of hydrogen-bond donors (Lipinski definition) is 0. The summed E-state index contributed by atoms with van der Waals surface area (Å²) in [4.78, 5) is 4.40. The Morgan fingerprint density at radius 1 is 0.964 bits per heavy atom. The minimum atomic E-state index is 0.0159. The molecular formula is C21H31N5O2. The van der Waals surface area contributed by atoms with Gasteiger partial charge in [-0.15, -0.1) is 10.2 Å². The van der Waals surface area contributed by atoms with Crippen LogP contribution in [0.15, 0.2) is 18.2 Å². The average Bonchev–Trinajstić information content (AvgIpc) is 3.43. The van der Waals surface area contributed by atoms with E-state index in [0.717, 1.165) is 36.6 Å². The Labute approximate surface area is 167 Å². The minimum absolute atomic E-state index is 0.0159. The zero-order valence-electron chi connectivity index (χ0n) is 17.1. The second-order valence-corrected chi connectivity index (χ2v) is 7.93. The molecule has 0 unspecified atom stereocenters. The molecule has 0 radical (unpaired) electrons. The molecule has 4 rings (SSSR count). The van der Waals surface area contributed by atoms with Crippen LogP contribution in [0.25, 0.3) is 0 Å². The first kappa shape index (κ1) is 19.2. The number of ether oxygens (including phenoxy) is 2. The number of tetrazole rings is 1. The molecule has 0 bridgehead atoms. The van der Waals surface area contributed by atoms with Gasteiger partial charge < -0.3 is 9.47 Å². The Balaban J connectivity index is 1.46. The van der Waals surface area contributed by atoms with Crippen molar-refractivity contribution in [3.05, 3.63) is 29.6 Å². The van der Waals surface area contributed by atoms with Crippen LogP contribution in [0.5, 0.6) is 11.5 Å². The molecule has 0 amide bonds. The molecule has 28 heavy (non-hydrogen) atoms. The molecule has 1 saturated heterocycles. The highest BCUT2D eigenvalue weighted by Crippen LogP contribution is 2.43. The topological polar surface area (TPSA) is 65.3 Å². The van der Waals surface area contributed by atoms with Gasteiger partial charge in [-0.25, -0.2) is 0 Å². The lowest BCUT2D eigenvalue weighted by Gasteiger charge is -2.41. The number of aryl methyl sites for hydroxylation is 2. The number of likely N-dealkylation sites (tertiary alicyclic amines) is 1. The molecule has 2 aromatic rings. The smallest absolute Gasteiger partial charge is 0.194 e. The van der Waals surface area contributed by atoms with Gasteiger partial charge in [0, 0.05) is 0 Å². The van der Waals surface area contributed by atoms with Crippen molar-refractivity contribution < 1.29 is 9.47 Å². The van der Waals surface area contributed by atoms with E-state index in [2.05, 4.69) is 21.3 Å². The van der Waals surface area contributed by atoms with Crippen molar-refractivity contribution in [2.45, 2.75) is 63.5 Å². The molecule has 0 spiro atoms. The average molecular weight is 386 g/mol. The molecule has 2 heterocycles. The Morgan fingerprint density at radius 2 is 1.71 bits per heavy atom. The Bertz CT molecular complexity index is 779. The third kappa shape index (κ3) is 3.72. The van der Waals surface area contributed by atoms with E-state index in [1.165, 1.54) is 50.8 Å². The SMILES string of the molecule is COc1ccc(CCn2nnc(C3(N4CCCCC4)CCCC3)n2)cc1OC. The maximum atomic E-state index is 5.40. The fraction of sp³-hybridized carbons (Fsp3) is 0.667. The van der Waals surface area contributed by atoms with Gasteiger partial charge in [0.05, 0.1) is 26.3 Å². The molecule has 7 nitrogen and oxygen atoms in total. The summed E-state index contributed by atoms with van der Waals surface area (Å²) < 4.78 is 10.7. The molecule has 7 heteroatoms. The largest absolute Gasteiger partial charge is 0.493 e. The van der Waals surface area contributed by atoms with Gasteiger partial charge in [-0.2, -0.15) is 4.80 Å². The monoisotopic (exact) mass is 385 g/mol. The zero-order chi connectivity index (χ0) is 19.4. The van der Waals surface area contributed by atoms with Crippen LogP contribution in [0.4, 0.5) is 0 Å². The van der Waals surface area contributed by atoms with Gasteiger partial charge in [0.1, 0.15) is 0 Å². The third-order valence-electron chi connectivity index (χ3n) is 6.31. The number of rotatable bonds is 7. The molecule has 2 fully saturated rings. The summed E-state index contributed by atoms with van der Waals surface area (Å²) in [5.41, 5.74) is 1.19. The Hall–Kier alpha value is -2.15. The van der Waals surface area contributed by atoms with Gasteiger partial charge in [0.15, 0.2) is 17.3 Å². The predicted molar refractivity (Wildman–Crippen MR) is 107 cm³/mol. The van der Waals surface area contributed by atoms with Gasteiger partial charge in [0.25, 0.3) is 0 Å². The number of hydrogen-bond acceptors (Lipinski definition) is 6. The van der Waals surface area contributed by atoms with Crippen molar-refractivity contribution in [1.82, 2.24) is 25.1 Å². The van der Waals surface area contributed by atoms with Gasteiger partial charge in [-0.3, -0.25) is 4.90 Å². The molecule has 1 aliphatic heterocycles. The highest BCUT2D eigenvalue weighted by atomic mass is 16.5. The lowest BCUT2D eigenvalue weighted by molar-refractivity contribution is 0.0606. The van der Waals surface area contributed by atoms with E-state index in [0.29, 0.717) is 6.54 Å². The van der Waals surface area contributed by atoms with E-state index < -0.39 is 0 Å². The summed E-state index contributed by atoms with van der Waals surface area (Å²) in [6, 6.07) is 6.02. The molecule has 1 aromatic carbocycles. The van der Waals surface area contributed by atoms with E-state index in [1.807, 2.05) is 12.1 Å². The van der Waals surface area contributed by atoms with Gasteiger partial charge in [-0.1, -0.05) is 25.3 Å². The van der Waals surface area contributed by atoms with Crippen molar-refractivity contribution in [3.63, 3.8) is 0 Å². The molecule has 1 saturated carbocycles. The number of piperidine rings is 1.